The second-order valence-corrected chi connectivity index (χ2v) is 5.86. The van der Waals surface area contributed by atoms with E-state index in [0.29, 0.717) is 12.1 Å². The highest BCUT2D eigenvalue weighted by molar-refractivity contribution is 5.13. The van der Waals surface area contributed by atoms with Crippen LogP contribution < -0.4 is 0 Å². The fraction of sp³-hybridized carbons (Fsp3) is 0.688. The van der Waals surface area contributed by atoms with Crippen LogP contribution in [0.4, 0.5) is 0 Å². The number of nitrogens with zero attached hydrogens (tertiary/aromatic N) is 3. The van der Waals surface area contributed by atoms with Crippen LogP contribution in [0.3, 0.4) is 0 Å². The summed E-state index contributed by atoms with van der Waals surface area (Å²) in [6.45, 7) is 10.3. The number of β-amino-alcohol motifs (C(OH)–C–C–N with tert-alkyl or cyclic N) is 1. The topological polar surface area (TPSA) is 39.6 Å². The number of aliphatic hydroxyl groups is 1. The lowest BCUT2D eigenvalue weighted by Crippen LogP contribution is -2.54. The Morgan fingerprint density at radius 1 is 1.40 bits per heavy atom. The molecule has 0 aliphatic carbocycles. The summed E-state index contributed by atoms with van der Waals surface area (Å²) < 4.78 is 0. The molecular formula is C16H27N3O. The summed E-state index contributed by atoms with van der Waals surface area (Å²) in [6, 6.07) is 5.11. The molecule has 0 amide bonds. The molecule has 1 aromatic heterocycles. The number of rotatable bonds is 5. The van der Waals surface area contributed by atoms with E-state index in [1.54, 1.807) is 0 Å². The van der Waals surface area contributed by atoms with Gasteiger partial charge >= 0.3 is 0 Å². The van der Waals surface area contributed by atoms with Gasteiger partial charge in [0.2, 0.25) is 0 Å². The number of aromatic nitrogens is 1. The average Bonchev–Trinajstić information content (AvgIpc) is 2.47. The molecule has 1 fully saturated rings. The van der Waals surface area contributed by atoms with E-state index in [9.17, 15) is 5.11 Å². The van der Waals surface area contributed by atoms with Gasteiger partial charge in [-0.15, -0.1) is 0 Å². The van der Waals surface area contributed by atoms with Gasteiger partial charge in [-0.1, -0.05) is 13.0 Å². The molecule has 0 spiro atoms. The van der Waals surface area contributed by atoms with Crippen molar-refractivity contribution in [2.75, 3.05) is 26.2 Å². The minimum absolute atomic E-state index is 0.244. The highest BCUT2D eigenvalue weighted by Crippen LogP contribution is 2.24. The lowest BCUT2D eigenvalue weighted by molar-refractivity contribution is 0.0222. The molecule has 2 rings (SSSR count). The van der Waals surface area contributed by atoms with Crippen molar-refractivity contribution in [2.45, 2.75) is 45.4 Å². The summed E-state index contributed by atoms with van der Waals surface area (Å²) in [7, 11) is 0. The van der Waals surface area contributed by atoms with Crippen molar-refractivity contribution in [1.82, 2.24) is 14.8 Å². The fourth-order valence-corrected chi connectivity index (χ4v) is 3.07. The van der Waals surface area contributed by atoms with Crippen molar-refractivity contribution < 1.29 is 5.11 Å². The Labute approximate surface area is 122 Å². The van der Waals surface area contributed by atoms with Gasteiger partial charge < -0.3 is 5.11 Å². The van der Waals surface area contributed by atoms with E-state index < -0.39 is 0 Å². The summed E-state index contributed by atoms with van der Waals surface area (Å²) in [5.41, 5.74) is 1.28. The zero-order valence-electron chi connectivity index (χ0n) is 12.9. The van der Waals surface area contributed by atoms with Gasteiger partial charge in [-0.2, -0.15) is 0 Å². The molecule has 0 radical (unpaired) electrons. The Morgan fingerprint density at radius 3 is 2.80 bits per heavy atom. The second-order valence-electron chi connectivity index (χ2n) is 5.86. The SMILES string of the molecule is CC[C@@H]1CN([C@@H](C)c2cccnc2)CCN1C[C@H](C)O. The number of hydrogen-bond donors (Lipinski definition) is 1. The Bertz CT molecular complexity index is 396. The molecule has 1 saturated heterocycles. The van der Waals surface area contributed by atoms with E-state index in [-0.39, 0.29) is 6.10 Å². The first-order valence-corrected chi connectivity index (χ1v) is 7.68. The molecule has 112 valence electrons. The number of hydrogen-bond acceptors (Lipinski definition) is 4. The lowest BCUT2D eigenvalue weighted by Gasteiger charge is -2.44. The Morgan fingerprint density at radius 2 is 2.20 bits per heavy atom. The van der Waals surface area contributed by atoms with Gasteiger partial charge in [0.25, 0.3) is 0 Å². The molecule has 1 aliphatic rings. The lowest BCUT2D eigenvalue weighted by atomic mass is 10.0. The largest absolute Gasteiger partial charge is 0.392 e. The highest BCUT2D eigenvalue weighted by atomic mass is 16.3. The third-order valence-electron chi connectivity index (χ3n) is 4.32. The maximum atomic E-state index is 9.61. The maximum absolute atomic E-state index is 9.61. The highest BCUT2D eigenvalue weighted by Gasteiger charge is 2.29. The summed E-state index contributed by atoms with van der Waals surface area (Å²) in [6.07, 6.45) is 4.67. The Balaban J connectivity index is 1.99. The van der Waals surface area contributed by atoms with Crippen LogP contribution in [0, 0.1) is 0 Å². The molecule has 1 aromatic rings. The molecule has 0 saturated carbocycles. The summed E-state index contributed by atoms with van der Waals surface area (Å²) in [5, 5.41) is 9.61. The van der Waals surface area contributed by atoms with E-state index in [1.807, 2.05) is 25.4 Å². The van der Waals surface area contributed by atoms with E-state index in [2.05, 4.69) is 34.7 Å². The van der Waals surface area contributed by atoms with Gasteiger partial charge in [0.15, 0.2) is 0 Å². The van der Waals surface area contributed by atoms with Crippen molar-refractivity contribution in [3.8, 4) is 0 Å². The maximum Gasteiger partial charge on any atom is 0.0639 e. The monoisotopic (exact) mass is 277 g/mol. The van der Waals surface area contributed by atoms with Crippen molar-refractivity contribution >= 4 is 0 Å². The number of pyridine rings is 1. The minimum Gasteiger partial charge on any atom is -0.392 e. The van der Waals surface area contributed by atoms with Gasteiger partial charge in [-0.3, -0.25) is 14.8 Å². The molecule has 0 bridgehead atoms. The van der Waals surface area contributed by atoms with E-state index in [1.165, 1.54) is 5.56 Å². The molecule has 0 aromatic carbocycles. The standard InChI is InChI=1S/C16H27N3O/c1-4-16-12-18(8-9-19(16)11-13(2)20)14(3)15-6-5-7-17-10-15/h5-7,10,13-14,16,20H,4,8-9,11-12H2,1-3H3/t13-,14-,16+/m0/s1. The Kier molecular flexibility index (Phi) is 5.52. The summed E-state index contributed by atoms with van der Waals surface area (Å²) >= 11 is 0. The van der Waals surface area contributed by atoms with E-state index in [4.69, 9.17) is 0 Å². The predicted octanol–water partition coefficient (Wildman–Crippen LogP) is 1.92. The second kappa shape index (κ2) is 7.16. The molecular weight excluding hydrogens is 250 g/mol. The zero-order valence-corrected chi connectivity index (χ0v) is 12.9. The summed E-state index contributed by atoms with van der Waals surface area (Å²) in [4.78, 5) is 9.18. The van der Waals surface area contributed by atoms with Crippen LogP contribution >= 0.6 is 0 Å². The molecule has 20 heavy (non-hydrogen) atoms. The third-order valence-corrected chi connectivity index (χ3v) is 4.32. The molecule has 0 unspecified atom stereocenters. The molecule has 1 N–H and O–H groups in total. The van der Waals surface area contributed by atoms with Crippen LogP contribution in [0.5, 0.6) is 0 Å². The Hall–Kier alpha value is -0.970. The van der Waals surface area contributed by atoms with Gasteiger partial charge in [-0.05, 0) is 31.9 Å². The minimum atomic E-state index is -0.244. The number of piperazine rings is 1. The van der Waals surface area contributed by atoms with Crippen LogP contribution in [0.1, 0.15) is 38.8 Å². The zero-order chi connectivity index (χ0) is 14.5. The average molecular weight is 277 g/mol. The van der Waals surface area contributed by atoms with Gasteiger partial charge in [0.1, 0.15) is 0 Å². The first-order valence-electron chi connectivity index (χ1n) is 7.68. The normalized spacial score (nSPS) is 24.5. The smallest absolute Gasteiger partial charge is 0.0639 e. The van der Waals surface area contributed by atoms with Crippen molar-refractivity contribution in [2.24, 2.45) is 0 Å². The molecule has 2 heterocycles. The van der Waals surface area contributed by atoms with Crippen LogP contribution in [0.25, 0.3) is 0 Å². The molecule has 3 atom stereocenters. The van der Waals surface area contributed by atoms with Crippen LogP contribution in [0.15, 0.2) is 24.5 Å². The van der Waals surface area contributed by atoms with E-state index in [0.717, 1.165) is 32.6 Å². The van der Waals surface area contributed by atoms with Crippen molar-refractivity contribution in [1.29, 1.82) is 0 Å². The fourth-order valence-electron chi connectivity index (χ4n) is 3.07. The van der Waals surface area contributed by atoms with Crippen LogP contribution in [0.2, 0.25) is 0 Å². The van der Waals surface area contributed by atoms with Crippen molar-refractivity contribution in [3.63, 3.8) is 0 Å². The first kappa shape index (κ1) is 15.4. The van der Waals surface area contributed by atoms with Crippen LogP contribution in [-0.4, -0.2) is 58.2 Å². The first-order chi connectivity index (χ1) is 9.61. The van der Waals surface area contributed by atoms with Gasteiger partial charge in [-0.25, -0.2) is 0 Å². The summed E-state index contributed by atoms with van der Waals surface area (Å²) in [5.74, 6) is 0. The molecule has 4 heteroatoms. The van der Waals surface area contributed by atoms with Crippen molar-refractivity contribution in [3.05, 3.63) is 30.1 Å². The van der Waals surface area contributed by atoms with Crippen LogP contribution in [-0.2, 0) is 0 Å². The van der Waals surface area contributed by atoms with E-state index >= 15 is 0 Å². The molecule has 1 aliphatic heterocycles. The molecule has 4 nitrogen and oxygen atoms in total. The third kappa shape index (κ3) is 3.78. The van der Waals surface area contributed by atoms with Gasteiger partial charge in [0, 0.05) is 50.7 Å². The number of aliphatic hydroxyl groups excluding tert-OH is 1. The van der Waals surface area contributed by atoms with Gasteiger partial charge in [0.05, 0.1) is 6.10 Å². The quantitative estimate of drug-likeness (QED) is 0.892. The predicted molar refractivity (Wildman–Crippen MR) is 81.6 cm³/mol.